The number of hydrogen-bond acceptors (Lipinski definition) is 2. The van der Waals surface area contributed by atoms with Crippen LogP contribution in [0.3, 0.4) is 0 Å². The number of piperidine rings is 1. The maximum Gasteiger partial charge on any atom is 0.0119 e. The molecule has 2 aliphatic heterocycles. The lowest BCUT2D eigenvalue weighted by Gasteiger charge is -2.35. The van der Waals surface area contributed by atoms with E-state index in [2.05, 4.69) is 23.2 Å². The van der Waals surface area contributed by atoms with Crippen molar-refractivity contribution in [2.75, 3.05) is 26.2 Å². The largest absolute Gasteiger partial charge is 0.317 e. The van der Waals surface area contributed by atoms with E-state index < -0.39 is 0 Å². The molecule has 0 radical (unpaired) electrons. The Morgan fingerprint density at radius 1 is 1.31 bits per heavy atom. The number of rotatable bonds is 2. The molecule has 2 rings (SSSR count). The summed E-state index contributed by atoms with van der Waals surface area (Å²) in [5, 5.41) is 3.46. The molecule has 0 aromatic heterocycles. The van der Waals surface area contributed by atoms with E-state index in [1.165, 1.54) is 64.7 Å². The number of hydrogen-bond donors (Lipinski definition) is 1. The van der Waals surface area contributed by atoms with Gasteiger partial charge in [-0.25, -0.2) is 0 Å². The molecule has 2 aliphatic rings. The average Bonchev–Trinajstić information content (AvgIpc) is 2.30. The van der Waals surface area contributed by atoms with Gasteiger partial charge >= 0.3 is 0 Å². The van der Waals surface area contributed by atoms with E-state index in [4.69, 9.17) is 0 Å². The maximum absolute atomic E-state index is 3.46. The van der Waals surface area contributed by atoms with Crippen molar-refractivity contribution in [3.05, 3.63) is 11.6 Å². The Balaban J connectivity index is 1.87. The summed E-state index contributed by atoms with van der Waals surface area (Å²) in [4.78, 5) is 2.75. The molecule has 0 spiro atoms. The van der Waals surface area contributed by atoms with Gasteiger partial charge in [-0.3, -0.25) is 4.90 Å². The second-order valence-corrected chi connectivity index (χ2v) is 5.13. The van der Waals surface area contributed by atoms with Crippen LogP contribution >= 0.6 is 0 Å². The van der Waals surface area contributed by atoms with Crippen LogP contribution < -0.4 is 5.32 Å². The summed E-state index contributed by atoms with van der Waals surface area (Å²) in [6.45, 7) is 7.35. The molecular weight excluding hydrogens is 196 g/mol. The van der Waals surface area contributed by atoms with Crippen molar-refractivity contribution < 1.29 is 0 Å². The number of nitrogens with zero attached hydrogens (tertiary/aromatic N) is 1. The molecule has 0 unspecified atom stereocenters. The fourth-order valence-corrected chi connectivity index (χ4v) is 2.96. The highest BCUT2D eigenvalue weighted by atomic mass is 15.2. The molecule has 2 nitrogen and oxygen atoms in total. The first-order valence-corrected chi connectivity index (χ1v) is 7.03. The lowest BCUT2D eigenvalue weighted by molar-refractivity contribution is 0.160. The quantitative estimate of drug-likeness (QED) is 0.722. The maximum atomic E-state index is 3.46. The van der Waals surface area contributed by atoms with Gasteiger partial charge in [0, 0.05) is 12.6 Å². The third-order valence-corrected chi connectivity index (χ3v) is 4.08. The van der Waals surface area contributed by atoms with Crippen LogP contribution in [0.5, 0.6) is 0 Å². The highest BCUT2D eigenvalue weighted by Crippen LogP contribution is 2.19. The van der Waals surface area contributed by atoms with Crippen molar-refractivity contribution in [2.24, 2.45) is 0 Å². The van der Waals surface area contributed by atoms with E-state index in [-0.39, 0.29) is 0 Å². The molecular formula is C14H26N2. The van der Waals surface area contributed by atoms with Crippen molar-refractivity contribution in [1.29, 1.82) is 0 Å². The fraction of sp³-hybridized carbons (Fsp3) is 0.857. The lowest BCUT2D eigenvalue weighted by Crippen LogP contribution is -2.44. The zero-order valence-electron chi connectivity index (χ0n) is 10.7. The molecule has 1 saturated heterocycles. The minimum atomic E-state index is 0.859. The Morgan fingerprint density at radius 3 is 2.88 bits per heavy atom. The Bertz CT molecular complexity index is 229. The van der Waals surface area contributed by atoms with Crippen LogP contribution in [-0.2, 0) is 0 Å². The van der Waals surface area contributed by atoms with Crippen molar-refractivity contribution >= 4 is 0 Å². The number of allylic oxidation sites excluding steroid dienone is 1. The van der Waals surface area contributed by atoms with Crippen LogP contribution in [0.4, 0.5) is 0 Å². The lowest BCUT2D eigenvalue weighted by atomic mass is 10.00. The molecule has 0 amide bonds. The summed E-state index contributed by atoms with van der Waals surface area (Å²) >= 11 is 0. The van der Waals surface area contributed by atoms with E-state index in [0.29, 0.717) is 0 Å². The van der Waals surface area contributed by atoms with E-state index in [0.717, 1.165) is 6.04 Å². The highest BCUT2D eigenvalue weighted by molar-refractivity contribution is 5.03. The van der Waals surface area contributed by atoms with Gasteiger partial charge < -0.3 is 5.32 Å². The first-order chi connectivity index (χ1) is 7.90. The molecule has 0 aromatic rings. The Hall–Kier alpha value is -0.340. The monoisotopic (exact) mass is 222 g/mol. The van der Waals surface area contributed by atoms with Crippen LogP contribution in [0.15, 0.2) is 11.6 Å². The fourth-order valence-electron chi connectivity index (χ4n) is 2.96. The molecule has 0 bridgehead atoms. The van der Waals surface area contributed by atoms with Crippen LogP contribution in [-0.4, -0.2) is 37.1 Å². The van der Waals surface area contributed by atoms with Gasteiger partial charge in [0.15, 0.2) is 0 Å². The predicted octanol–water partition coefficient (Wildman–Crippen LogP) is 2.56. The molecule has 0 aromatic carbocycles. The first kappa shape index (κ1) is 12.1. The molecule has 0 atom stereocenters. The zero-order valence-corrected chi connectivity index (χ0v) is 10.7. The molecule has 92 valence electrons. The summed E-state index contributed by atoms with van der Waals surface area (Å²) in [5.74, 6) is 0. The van der Waals surface area contributed by atoms with Gasteiger partial charge in [0.25, 0.3) is 0 Å². The standard InChI is InChI=1S/C14H26N2/c1-2-13-5-3-4-11-16(12-8-13)14-6-9-15-10-7-14/h5,14-15H,2-4,6-12H2,1H3/b13-5-. The Kier molecular flexibility index (Phi) is 4.86. The minimum Gasteiger partial charge on any atom is -0.317 e. The Labute approximate surface area is 100 Å². The molecule has 2 heterocycles. The minimum absolute atomic E-state index is 0.859. The predicted molar refractivity (Wildman–Crippen MR) is 69.7 cm³/mol. The molecule has 1 N–H and O–H groups in total. The summed E-state index contributed by atoms with van der Waals surface area (Å²) < 4.78 is 0. The highest BCUT2D eigenvalue weighted by Gasteiger charge is 2.20. The third-order valence-electron chi connectivity index (χ3n) is 4.08. The summed E-state index contributed by atoms with van der Waals surface area (Å²) in [6, 6.07) is 0.859. The van der Waals surface area contributed by atoms with E-state index in [9.17, 15) is 0 Å². The third kappa shape index (κ3) is 3.33. The van der Waals surface area contributed by atoms with Crippen molar-refractivity contribution in [1.82, 2.24) is 10.2 Å². The van der Waals surface area contributed by atoms with Crippen molar-refractivity contribution in [3.8, 4) is 0 Å². The van der Waals surface area contributed by atoms with Crippen molar-refractivity contribution in [2.45, 2.75) is 51.5 Å². The first-order valence-electron chi connectivity index (χ1n) is 7.03. The van der Waals surface area contributed by atoms with E-state index in [1.807, 2.05) is 0 Å². The van der Waals surface area contributed by atoms with E-state index in [1.54, 1.807) is 5.57 Å². The van der Waals surface area contributed by atoms with Crippen LogP contribution in [0.2, 0.25) is 0 Å². The van der Waals surface area contributed by atoms with Crippen LogP contribution in [0, 0.1) is 0 Å². The van der Waals surface area contributed by atoms with Crippen LogP contribution in [0.25, 0.3) is 0 Å². The topological polar surface area (TPSA) is 15.3 Å². The molecule has 1 fully saturated rings. The SMILES string of the molecule is CC/C1=C/CCCN(C2CCNCC2)CC1. The molecule has 16 heavy (non-hydrogen) atoms. The second-order valence-electron chi connectivity index (χ2n) is 5.13. The van der Waals surface area contributed by atoms with Gasteiger partial charge in [0.2, 0.25) is 0 Å². The van der Waals surface area contributed by atoms with Crippen molar-refractivity contribution in [3.63, 3.8) is 0 Å². The average molecular weight is 222 g/mol. The number of nitrogens with one attached hydrogen (secondary N) is 1. The van der Waals surface area contributed by atoms with Gasteiger partial charge in [-0.15, -0.1) is 0 Å². The molecule has 2 heteroatoms. The second kappa shape index (κ2) is 6.41. The van der Waals surface area contributed by atoms with Gasteiger partial charge in [-0.1, -0.05) is 18.6 Å². The normalized spacial score (nSPS) is 29.2. The smallest absolute Gasteiger partial charge is 0.0119 e. The molecule has 0 saturated carbocycles. The Morgan fingerprint density at radius 2 is 2.12 bits per heavy atom. The van der Waals surface area contributed by atoms with Gasteiger partial charge in [0.05, 0.1) is 0 Å². The summed E-state index contributed by atoms with van der Waals surface area (Å²) in [7, 11) is 0. The van der Waals surface area contributed by atoms with Gasteiger partial charge in [-0.05, 0) is 58.2 Å². The van der Waals surface area contributed by atoms with E-state index >= 15 is 0 Å². The van der Waals surface area contributed by atoms with Gasteiger partial charge in [0.1, 0.15) is 0 Å². The summed E-state index contributed by atoms with van der Waals surface area (Å²) in [6.07, 6.45) is 10.4. The summed E-state index contributed by atoms with van der Waals surface area (Å²) in [5.41, 5.74) is 1.68. The van der Waals surface area contributed by atoms with Gasteiger partial charge in [-0.2, -0.15) is 0 Å². The zero-order chi connectivity index (χ0) is 11.2. The van der Waals surface area contributed by atoms with Crippen LogP contribution in [0.1, 0.15) is 45.4 Å². The molecule has 0 aliphatic carbocycles.